The maximum absolute atomic E-state index is 11.9. The third kappa shape index (κ3) is 4.52. The first-order chi connectivity index (χ1) is 9.79. The van der Waals surface area contributed by atoms with Gasteiger partial charge in [0, 0.05) is 18.8 Å². The van der Waals surface area contributed by atoms with Crippen LogP contribution in [-0.4, -0.2) is 34.0 Å². The Bertz CT molecular complexity index is 388. The van der Waals surface area contributed by atoms with Crippen LogP contribution in [0.1, 0.15) is 44.2 Å². The van der Waals surface area contributed by atoms with Crippen molar-refractivity contribution in [1.82, 2.24) is 20.8 Å². The van der Waals surface area contributed by atoms with Crippen molar-refractivity contribution in [2.24, 2.45) is 5.92 Å². The van der Waals surface area contributed by atoms with Crippen LogP contribution in [0.15, 0.2) is 12.3 Å². The molecule has 6 heteroatoms. The number of aromatic amines is 1. The van der Waals surface area contributed by atoms with Crippen LogP contribution in [0.25, 0.3) is 0 Å². The number of carbonyl (C=O) groups is 1. The molecule has 0 spiro atoms. The zero-order valence-electron chi connectivity index (χ0n) is 11.8. The highest BCUT2D eigenvalue weighted by Gasteiger charge is 2.24. The lowest BCUT2D eigenvalue weighted by Crippen LogP contribution is -2.46. The summed E-state index contributed by atoms with van der Waals surface area (Å²) in [5, 5.41) is 21.6. The van der Waals surface area contributed by atoms with E-state index in [2.05, 4.69) is 20.8 Å². The van der Waals surface area contributed by atoms with Crippen LogP contribution < -0.4 is 10.6 Å². The minimum absolute atomic E-state index is 0.0714. The van der Waals surface area contributed by atoms with E-state index in [1.54, 1.807) is 6.20 Å². The van der Waals surface area contributed by atoms with Gasteiger partial charge in [-0.15, -0.1) is 0 Å². The first-order valence-corrected chi connectivity index (χ1v) is 7.43. The molecule has 0 saturated heterocycles. The van der Waals surface area contributed by atoms with E-state index in [0.29, 0.717) is 18.9 Å². The first kappa shape index (κ1) is 14.8. The molecule has 1 fully saturated rings. The van der Waals surface area contributed by atoms with Crippen molar-refractivity contribution in [3.05, 3.63) is 18.0 Å². The summed E-state index contributed by atoms with van der Waals surface area (Å²) >= 11 is 0. The van der Waals surface area contributed by atoms with Gasteiger partial charge in [0.25, 0.3) is 0 Å². The van der Waals surface area contributed by atoms with Crippen LogP contribution in [0.5, 0.6) is 0 Å². The highest BCUT2D eigenvalue weighted by atomic mass is 16.3. The maximum Gasteiger partial charge on any atom is 0.315 e. The number of hydrogen-bond acceptors (Lipinski definition) is 3. The van der Waals surface area contributed by atoms with Gasteiger partial charge < -0.3 is 15.7 Å². The van der Waals surface area contributed by atoms with Crippen molar-refractivity contribution in [3.63, 3.8) is 0 Å². The molecule has 6 nitrogen and oxygen atoms in total. The van der Waals surface area contributed by atoms with E-state index in [-0.39, 0.29) is 18.7 Å². The van der Waals surface area contributed by atoms with E-state index in [9.17, 15) is 9.90 Å². The van der Waals surface area contributed by atoms with Crippen LogP contribution in [0, 0.1) is 5.92 Å². The number of aromatic nitrogens is 2. The molecule has 1 aliphatic carbocycles. The second-order valence-electron chi connectivity index (χ2n) is 5.43. The fourth-order valence-electron chi connectivity index (χ4n) is 2.88. The summed E-state index contributed by atoms with van der Waals surface area (Å²) < 4.78 is 0. The molecule has 1 aliphatic rings. The van der Waals surface area contributed by atoms with Gasteiger partial charge in [-0.1, -0.05) is 19.3 Å². The Labute approximate surface area is 119 Å². The molecule has 0 bridgehead atoms. The van der Waals surface area contributed by atoms with Gasteiger partial charge in [0.2, 0.25) is 0 Å². The molecular formula is C14H24N4O2. The zero-order chi connectivity index (χ0) is 14.2. The molecule has 1 aromatic heterocycles. The monoisotopic (exact) mass is 280 g/mol. The second-order valence-corrected chi connectivity index (χ2v) is 5.43. The summed E-state index contributed by atoms with van der Waals surface area (Å²) in [6.07, 6.45) is 8.31. The fourth-order valence-corrected chi connectivity index (χ4v) is 2.88. The number of nitrogens with zero attached hydrogens (tertiary/aromatic N) is 1. The molecule has 1 saturated carbocycles. The zero-order valence-corrected chi connectivity index (χ0v) is 11.8. The molecule has 4 N–H and O–H groups in total. The van der Waals surface area contributed by atoms with E-state index in [0.717, 1.165) is 18.5 Å². The van der Waals surface area contributed by atoms with Crippen LogP contribution in [0.2, 0.25) is 0 Å². The van der Waals surface area contributed by atoms with Crippen LogP contribution in [0.4, 0.5) is 4.79 Å². The molecule has 1 heterocycles. The molecule has 112 valence electrons. The molecule has 1 aromatic rings. The Kier molecular flexibility index (Phi) is 5.86. The Morgan fingerprint density at radius 1 is 1.45 bits per heavy atom. The Balaban J connectivity index is 1.78. The summed E-state index contributed by atoms with van der Waals surface area (Å²) in [7, 11) is 0. The molecule has 2 amide bonds. The van der Waals surface area contributed by atoms with E-state index >= 15 is 0 Å². The third-order valence-corrected chi connectivity index (χ3v) is 3.97. The summed E-state index contributed by atoms with van der Waals surface area (Å²) in [5.41, 5.74) is 0.872. The predicted molar refractivity (Wildman–Crippen MR) is 76.0 cm³/mol. The quantitative estimate of drug-likeness (QED) is 0.637. The lowest BCUT2D eigenvalue weighted by atomic mass is 9.83. The average Bonchev–Trinajstić information content (AvgIpc) is 2.99. The lowest BCUT2D eigenvalue weighted by Gasteiger charge is -2.30. The Morgan fingerprint density at radius 2 is 2.25 bits per heavy atom. The summed E-state index contributed by atoms with van der Waals surface area (Å²) in [4.78, 5) is 11.9. The standard InChI is InChI=1S/C14H24N4O2/c19-9-7-13(11-4-2-1-3-5-11)17-14(20)15-10-12-6-8-16-18-12/h6,8,11,13,19H,1-5,7,9-10H2,(H,16,18)(H2,15,17,20). The molecule has 1 unspecified atom stereocenters. The van der Waals surface area contributed by atoms with Gasteiger partial charge in [0.15, 0.2) is 0 Å². The number of hydrogen-bond donors (Lipinski definition) is 4. The number of aliphatic hydroxyl groups excluding tert-OH is 1. The molecule has 20 heavy (non-hydrogen) atoms. The van der Waals surface area contributed by atoms with E-state index in [4.69, 9.17) is 0 Å². The largest absolute Gasteiger partial charge is 0.396 e. The number of urea groups is 1. The predicted octanol–water partition coefficient (Wildman–Crippen LogP) is 1.54. The van der Waals surface area contributed by atoms with Gasteiger partial charge in [0.1, 0.15) is 0 Å². The number of H-pyrrole nitrogens is 1. The van der Waals surface area contributed by atoms with Crippen LogP contribution >= 0.6 is 0 Å². The van der Waals surface area contributed by atoms with Gasteiger partial charge in [-0.05, 0) is 31.2 Å². The highest BCUT2D eigenvalue weighted by molar-refractivity contribution is 5.74. The Morgan fingerprint density at radius 3 is 2.90 bits per heavy atom. The molecule has 0 radical (unpaired) electrons. The van der Waals surface area contributed by atoms with Gasteiger partial charge >= 0.3 is 6.03 Å². The van der Waals surface area contributed by atoms with Crippen molar-refractivity contribution >= 4 is 6.03 Å². The van der Waals surface area contributed by atoms with Crippen molar-refractivity contribution in [2.45, 2.75) is 51.1 Å². The van der Waals surface area contributed by atoms with Crippen LogP contribution in [0.3, 0.4) is 0 Å². The molecule has 2 rings (SSSR count). The molecule has 0 aromatic carbocycles. The van der Waals surface area contributed by atoms with Crippen molar-refractivity contribution in [1.29, 1.82) is 0 Å². The van der Waals surface area contributed by atoms with Crippen molar-refractivity contribution in [2.75, 3.05) is 6.61 Å². The average molecular weight is 280 g/mol. The van der Waals surface area contributed by atoms with Crippen LogP contribution in [-0.2, 0) is 6.54 Å². The summed E-state index contributed by atoms with van der Waals surface area (Å²) in [6, 6.07) is 1.72. The van der Waals surface area contributed by atoms with E-state index in [1.165, 1.54) is 19.3 Å². The van der Waals surface area contributed by atoms with Gasteiger partial charge in [-0.3, -0.25) is 5.10 Å². The smallest absolute Gasteiger partial charge is 0.315 e. The first-order valence-electron chi connectivity index (χ1n) is 7.43. The molecule has 0 aliphatic heterocycles. The maximum atomic E-state index is 11.9. The van der Waals surface area contributed by atoms with Gasteiger partial charge in [-0.25, -0.2) is 4.79 Å². The molecular weight excluding hydrogens is 256 g/mol. The van der Waals surface area contributed by atoms with E-state index in [1.807, 2.05) is 6.07 Å². The van der Waals surface area contributed by atoms with Crippen molar-refractivity contribution < 1.29 is 9.90 Å². The minimum atomic E-state index is -0.177. The van der Waals surface area contributed by atoms with Gasteiger partial charge in [-0.2, -0.15) is 5.10 Å². The topological polar surface area (TPSA) is 90.0 Å². The summed E-state index contributed by atoms with van der Waals surface area (Å²) in [6.45, 7) is 0.546. The van der Waals surface area contributed by atoms with E-state index < -0.39 is 0 Å². The molecule has 1 atom stereocenters. The fraction of sp³-hybridized carbons (Fsp3) is 0.714. The Hall–Kier alpha value is -1.56. The number of aliphatic hydroxyl groups is 1. The second kappa shape index (κ2) is 7.89. The van der Waals surface area contributed by atoms with Gasteiger partial charge in [0.05, 0.1) is 12.2 Å². The minimum Gasteiger partial charge on any atom is -0.396 e. The summed E-state index contributed by atoms with van der Waals surface area (Å²) in [5.74, 6) is 0.494. The number of nitrogens with one attached hydrogen (secondary N) is 3. The number of rotatable bonds is 6. The number of amides is 2. The lowest BCUT2D eigenvalue weighted by molar-refractivity contribution is 0.196. The number of carbonyl (C=O) groups excluding carboxylic acids is 1. The third-order valence-electron chi connectivity index (χ3n) is 3.97. The highest BCUT2D eigenvalue weighted by Crippen LogP contribution is 2.27. The van der Waals surface area contributed by atoms with Crippen molar-refractivity contribution in [3.8, 4) is 0 Å². The normalized spacial score (nSPS) is 17.6. The SMILES string of the molecule is O=C(NCc1ccn[nH]1)NC(CCO)C1CCCCC1.